The number of hydrogen-bond acceptors (Lipinski definition) is 5. The van der Waals surface area contributed by atoms with E-state index in [1.807, 2.05) is 0 Å². The summed E-state index contributed by atoms with van der Waals surface area (Å²) in [6.07, 6.45) is -1.78. The van der Waals surface area contributed by atoms with Crippen LogP contribution in [0.2, 0.25) is 0 Å². The third-order valence-corrected chi connectivity index (χ3v) is 3.86. The highest BCUT2D eigenvalue weighted by Crippen LogP contribution is 2.20. The van der Waals surface area contributed by atoms with Crippen LogP contribution in [0.25, 0.3) is 4.85 Å². The zero-order valence-corrected chi connectivity index (χ0v) is 16.4. The fourth-order valence-corrected chi connectivity index (χ4v) is 2.57. The number of carboxylic acid groups (broad SMARTS) is 1. The highest BCUT2D eigenvalue weighted by Gasteiger charge is 2.20. The van der Waals surface area contributed by atoms with E-state index in [9.17, 15) is 15.0 Å². The first-order valence-electron chi connectivity index (χ1n) is 9.25. The van der Waals surface area contributed by atoms with Gasteiger partial charge in [-0.15, -0.1) is 0 Å². The Bertz CT molecular complexity index is 845. The lowest BCUT2D eigenvalue weighted by atomic mass is 10.1. The van der Waals surface area contributed by atoms with Crippen LogP contribution >= 0.6 is 0 Å². The lowest BCUT2D eigenvalue weighted by molar-refractivity contribution is -0.153. The number of carbonyl (C=O) groups is 1. The Morgan fingerprint density at radius 3 is 2.28 bits per heavy atom. The average Bonchev–Trinajstić information content (AvgIpc) is 2.70. The Morgan fingerprint density at radius 1 is 1.07 bits per heavy atom. The second-order valence-corrected chi connectivity index (χ2v) is 6.75. The molecule has 0 radical (unpaired) electrons. The Morgan fingerprint density at radius 2 is 1.69 bits per heavy atom. The van der Waals surface area contributed by atoms with Gasteiger partial charge in [0.1, 0.15) is 30.8 Å². The van der Waals surface area contributed by atoms with Gasteiger partial charge in [-0.1, -0.05) is 24.3 Å². The molecular formula is C22H25NO6. The third-order valence-electron chi connectivity index (χ3n) is 3.86. The highest BCUT2D eigenvalue weighted by molar-refractivity contribution is 5.72. The minimum Gasteiger partial charge on any atom is -0.492 e. The summed E-state index contributed by atoms with van der Waals surface area (Å²) in [4.78, 5) is 14.7. The number of nitrogens with zero attached hydrogens (tertiary/aromatic N) is 1. The van der Waals surface area contributed by atoms with Gasteiger partial charge in [-0.05, 0) is 43.7 Å². The van der Waals surface area contributed by atoms with Crippen molar-refractivity contribution in [2.75, 3.05) is 13.2 Å². The molecule has 0 amide bonds. The second-order valence-electron chi connectivity index (χ2n) is 6.75. The normalized spacial score (nSPS) is 12.8. The summed E-state index contributed by atoms with van der Waals surface area (Å²) in [5, 5.41) is 19.4. The Balaban J connectivity index is 1.86. The first-order valence-corrected chi connectivity index (χ1v) is 9.25. The molecule has 2 rings (SSSR count). The number of hydrogen-bond donors (Lipinski definition) is 2. The molecule has 0 saturated heterocycles. The second kappa shape index (κ2) is 11.1. The van der Waals surface area contributed by atoms with Gasteiger partial charge in [0, 0.05) is 6.42 Å². The number of aliphatic carboxylic acids is 1. The van der Waals surface area contributed by atoms with E-state index in [1.54, 1.807) is 62.4 Å². The molecule has 2 unspecified atom stereocenters. The van der Waals surface area contributed by atoms with Gasteiger partial charge in [-0.3, -0.25) is 0 Å². The fourth-order valence-electron chi connectivity index (χ4n) is 2.57. The van der Waals surface area contributed by atoms with Gasteiger partial charge in [0.2, 0.25) is 0 Å². The third kappa shape index (κ3) is 7.82. The van der Waals surface area contributed by atoms with Crippen LogP contribution in [0.5, 0.6) is 11.5 Å². The lowest BCUT2D eigenvalue weighted by Crippen LogP contribution is -2.29. The first-order chi connectivity index (χ1) is 13.9. The molecule has 0 spiro atoms. The van der Waals surface area contributed by atoms with Crippen molar-refractivity contribution in [1.29, 1.82) is 0 Å². The maximum atomic E-state index is 11.3. The van der Waals surface area contributed by atoms with E-state index in [4.69, 9.17) is 20.8 Å². The van der Waals surface area contributed by atoms with Crippen LogP contribution in [0.15, 0.2) is 48.5 Å². The van der Waals surface area contributed by atoms with Crippen LogP contribution in [-0.4, -0.2) is 47.7 Å². The van der Waals surface area contributed by atoms with Crippen LogP contribution in [0.1, 0.15) is 19.4 Å². The van der Waals surface area contributed by atoms with Crippen molar-refractivity contribution >= 4 is 11.7 Å². The fraction of sp³-hybridized carbons (Fsp3) is 0.364. The van der Waals surface area contributed by atoms with Gasteiger partial charge in [0.15, 0.2) is 11.8 Å². The van der Waals surface area contributed by atoms with Crippen LogP contribution < -0.4 is 9.47 Å². The first kappa shape index (κ1) is 22.2. The largest absolute Gasteiger partial charge is 0.492 e. The van der Waals surface area contributed by atoms with Crippen LogP contribution in [0.3, 0.4) is 0 Å². The van der Waals surface area contributed by atoms with Crippen molar-refractivity contribution in [3.8, 4) is 11.5 Å². The molecule has 7 nitrogen and oxygen atoms in total. The van der Waals surface area contributed by atoms with Gasteiger partial charge in [-0.25, -0.2) is 9.64 Å². The molecular weight excluding hydrogens is 374 g/mol. The maximum Gasteiger partial charge on any atom is 0.333 e. The Hall–Kier alpha value is -3.08. The molecule has 0 saturated carbocycles. The van der Waals surface area contributed by atoms with E-state index < -0.39 is 18.2 Å². The zero-order valence-electron chi connectivity index (χ0n) is 16.4. The summed E-state index contributed by atoms with van der Waals surface area (Å²) in [6, 6.07) is 13.7. The quantitative estimate of drug-likeness (QED) is 0.563. The molecule has 0 heterocycles. The summed E-state index contributed by atoms with van der Waals surface area (Å²) in [7, 11) is 0. The molecule has 0 aliphatic carbocycles. The number of carboxylic acids is 1. The molecule has 0 aliphatic rings. The lowest BCUT2D eigenvalue weighted by Gasteiger charge is -2.17. The zero-order chi connectivity index (χ0) is 21.2. The predicted octanol–water partition coefficient (Wildman–Crippen LogP) is 3.48. The number of aliphatic hydroxyl groups is 1. The van der Waals surface area contributed by atoms with Crippen LogP contribution in [0.4, 0.5) is 5.69 Å². The molecule has 2 N–H and O–H groups in total. The molecule has 0 bridgehead atoms. The molecule has 2 aromatic rings. The number of ether oxygens (including phenoxy) is 3. The van der Waals surface area contributed by atoms with Crippen molar-refractivity contribution < 1.29 is 29.2 Å². The summed E-state index contributed by atoms with van der Waals surface area (Å²) < 4.78 is 16.5. The molecule has 7 heteroatoms. The monoisotopic (exact) mass is 399 g/mol. The molecule has 2 atom stereocenters. The van der Waals surface area contributed by atoms with Gasteiger partial charge in [0.25, 0.3) is 0 Å². The maximum absolute atomic E-state index is 11.3. The molecule has 0 fully saturated rings. The van der Waals surface area contributed by atoms with Gasteiger partial charge < -0.3 is 24.4 Å². The van der Waals surface area contributed by atoms with Gasteiger partial charge in [-0.2, -0.15) is 0 Å². The summed E-state index contributed by atoms with van der Waals surface area (Å²) in [5.41, 5.74) is 1.23. The Labute approximate surface area is 170 Å². The Kier molecular flexibility index (Phi) is 8.46. The van der Waals surface area contributed by atoms with Crippen molar-refractivity contribution in [1.82, 2.24) is 0 Å². The van der Waals surface area contributed by atoms with Crippen molar-refractivity contribution in [2.24, 2.45) is 0 Å². The van der Waals surface area contributed by atoms with Crippen LogP contribution in [0, 0.1) is 6.57 Å². The van der Waals surface area contributed by atoms with E-state index in [0.717, 1.165) is 5.56 Å². The summed E-state index contributed by atoms with van der Waals surface area (Å²) in [6.45, 7) is 10.6. The van der Waals surface area contributed by atoms with E-state index in [-0.39, 0.29) is 25.7 Å². The van der Waals surface area contributed by atoms with Gasteiger partial charge in [0.05, 0.1) is 12.7 Å². The summed E-state index contributed by atoms with van der Waals surface area (Å²) >= 11 is 0. The van der Waals surface area contributed by atoms with E-state index in [1.165, 1.54) is 0 Å². The smallest absolute Gasteiger partial charge is 0.333 e. The predicted molar refractivity (Wildman–Crippen MR) is 107 cm³/mol. The average molecular weight is 399 g/mol. The SMILES string of the molecule is [C-]#[N+]c1cccc(OCC(O)COc2cccc(CC(OC(C)C)C(=O)O)c2)c1. The van der Waals surface area contributed by atoms with Crippen molar-refractivity contribution in [3.63, 3.8) is 0 Å². The minimum atomic E-state index is -1.01. The number of benzene rings is 2. The van der Waals surface area contributed by atoms with Crippen LogP contribution in [-0.2, 0) is 16.0 Å². The number of aliphatic hydroxyl groups excluding tert-OH is 1. The minimum absolute atomic E-state index is 0.0107. The molecule has 154 valence electrons. The molecule has 29 heavy (non-hydrogen) atoms. The van der Waals surface area contributed by atoms with Crippen molar-refractivity contribution in [3.05, 3.63) is 65.5 Å². The standard InChI is InChI=1S/C22H25NO6/c1-15(2)29-21(22(25)26)11-16-6-4-8-19(10-16)27-13-18(24)14-28-20-9-5-7-17(12-20)23-3/h4-10,12,15,18,21,24H,11,13-14H2,1-2H3,(H,25,26). The van der Waals surface area contributed by atoms with E-state index in [0.29, 0.717) is 17.2 Å². The highest BCUT2D eigenvalue weighted by atomic mass is 16.5. The topological polar surface area (TPSA) is 89.6 Å². The molecule has 0 aliphatic heterocycles. The van der Waals surface area contributed by atoms with E-state index >= 15 is 0 Å². The summed E-state index contributed by atoms with van der Waals surface area (Å²) in [5.74, 6) is 0.00882. The van der Waals surface area contributed by atoms with Crippen molar-refractivity contribution in [2.45, 2.75) is 38.6 Å². The van der Waals surface area contributed by atoms with Gasteiger partial charge >= 0.3 is 5.97 Å². The van der Waals surface area contributed by atoms with E-state index in [2.05, 4.69) is 4.85 Å². The molecule has 0 aromatic heterocycles. The number of rotatable bonds is 11. The molecule has 2 aromatic carbocycles.